The van der Waals surface area contributed by atoms with Gasteiger partial charge in [-0.1, -0.05) is 23.7 Å². The van der Waals surface area contributed by atoms with Gasteiger partial charge in [-0.3, -0.25) is 4.90 Å². The number of nitrogens with zero attached hydrogens (tertiary/aromatic N) is 1. The van der Waals surface area contributed by atoms with Crippen LogP contribution in [-0.4, -0.2) is 31.1 Å². The zero-order valence-corrected chi connectivity index (χ0v) is 11.9. The van der Waals surface area contributed by atoms with Crippen LogP contribution in [0.1, 0.15) is 17.5 Å². The summed E-state index contributed by atoms with van der Waals surface area (Å²) in [5.41, 5.74) is 2.45. The quantitative estimate of drug-likeness (QED) is 0.912. The summed E-state index contributed by atoms with van der Waals surface area (Å²) < 4.78 is 0. The molecule has 1 heterocycles. The van der Waals surface area contributed by atoms with Crippen molar-refractivity contribution < 1.29 is 0 Å². The number of hydrogen-bond acceptors (Lipinski definition) is 2. The van der Waals surface area contributed by atoms with Gasteiger partial charge < -0.3 is 5.32 Å². The fourth-order valence-corrected chi connectivity index (χ4v) is 2.37. The SMILES string of the molecule is Cc1ccc(CN(C)C2CCNC2)cc1Cl.Cl. The highest BCUT2D eigenvalue weighted by atomic mass is 35.5. The molecule has 1 aromatic carbocycles. The fourth-order valence-electron chi connectivity index (χ4n) is 2.17. The molecule has 0 bridgehead atoms. The van der Waals surface area contributed by atoms with Crippen LogP contribution in [0.15, 0.2) is 18.2 Å². The molecule has 1 unspecified atom stereocenters. The Labute approximate surface area is 115 Å². The van der Waals surface area contributed by atoms with Gasteiger partial charge in [0.05, 0.1) is 0 Å². The summed E-state index contributed by atoms with van der Waals surface area (Å²) in [5.74, 6) is 0. The molecule has 1 N–H and O–H groups in total. The Balaban J connectivity index is 0.00000144. The zero-order chi connectivity index (χ0) is 11.5. The molecule has 0 saturated carbocycles. The van der Waals surface area contributed by atoms with Crippen molar-refractivity contribution in [2.24, 2.45) is 0 Å². The van der Waals surface area contributed by atoms with Crippen molar-refractivity contribution in [3.63, 3.8) is 0 Å². The second kappa shape index (κ2) is 6.60. The Morgan fingerprint density at radius 1 is 1.47 bits per heavy atom. The largest absolute Gasteiger partial charge is 0.315 e. The molecule has 2 rings (SSSR count). The minimum Gasteiger partial charge on any atom is -0.315 e. The molecule has 1 aromatic rings. The van der Waals surface area contributed by atoms with Gasteiger partial charge in [0, 0.05) is 24.2 Å². The predicted octanol–water partition coefficient (Wildman–Crippen LogP) is 2.86. The minimum atomic E-state index is 0. The van der Waals surface area contributed by atoms with E-state index in [4.69, 9.17) is 11.6 Å². The number of hydrogen-bond donors (Lipinski definition) is 1. The van der Waals surface area contributed by atoms with Gasteiger partial charge in [0.2, 0.25) is 0 Å². The van der Waals surface area contributed by atoms with E-state index in [1.807, 2.05) is 6.92 Å². The molecule has 4 heteroatoms. The molecule has 1 saturated heterocycles. The van der Waals surface area contributed by atoms with Crippen molar-refractivity contribution in [3.8, 4) is 0 Å². The van der Waals surface area contributed by atoms with Crippen molar-refractivity contribution in [2.75, 3.05) is 20.1 Å². The van der Waals surface area contributed by atoms with E-state index in [1.54, 1.807) is 0 Å². The molecule has 1 fully saturated rings. The third-order valence-electron chi connectivity index (χ3n) is 3.33. The summed E-state index contributed by atoms with van der Waals surface area (Å²) in [6.07, 6.45) is 1.25. The van der Waals surface area contributed by atoms with Crippen LogP contribution in [0.4, 0.5) is 0 Å². The van der Waals surface area contributed by atoms with Crippen LogP contribution in [0.5, 0.6) is 0 Å². The molecule has 0 spiro atoms. The van der Waals surface area contributed by atoms with Crippen LogP contribution in [0.2, 0.25) is 5.02 Å². The van der Waals surface area contributed by atoms with Gasteiger partial charge in [-0.05, 0) is 44.1 Å². The lowest BCUT2D eigenvalue weighted by molar-refractivity contribution is 0.249. The van der Waals surface area contributed by atoms with Crippen LogP contribution in [0.25, 0.3) is 0 Å². The van der Waals surface area contributed by atoms with Crippen molar-refractivity contribution in [1.82, 2.24) is 10.2 Å². The summed E-state index contributed by atoms with van der Waals surface area (Å²) in [6, 6.07) is 7.01. The lowest BCUT2D eigenvalue weighted by Crippen LogP contribution is -2.32. The number of rotatable bonds is 3. The van der Waals surface area contributed by atoms with Gasteiger partial charge in [-0.25, -0.2) is 0 Å². The number of likely N-dealkylation sites (N-methyl/N-ethyl adjacent to an activating group) is 1. The van der Waals surface area contributed by atoms with Crippen LogP contribution in [0.3, 0.4) is 0 Å². The van der Waals surface area contributed by atoms with E-state index in [2.05, 4.69) is 35.5 Å². The lowest BCUT2D eigenvalue weighted by Gasteiger charge is -2.23. The highest BCUT2D eigenvalue weighted by Gasteiger charge is 2.18. The average Bonchev–Trinajstić information content (AvgIpc) is 2.77. The van der Waals surface area contributed by atoms with Gasteiger partial charge in [0.25, 0.3) is 0 Å². The summed E-state index contributed by atoms with van der Waals surface area (Å²) in [6.45, 7) is 5.27. The van der Waals surface area contributed by atoms with Crippen LogP contribution in [-0.2, 0) is 6.54 Å². The Kier molecular flexibility index (Phi) is 5.74. The van der Waals surface area contributed by atoms with E-state index in [0.29, 0.717) is 6.04 Å². The number of nitrogens with one attached hydrogen (secondary N) is 1. The molecule has 0 radical (unpaired) electrons. The van der Waals surface area contributed by atoms with Crippen molar-refractivity contribution in [2.45, 2.75) is 25.9 Å². The number of halogens is 2. The summed E-state index contributed by atoms with van der Waals surface area (Å²) in [5, 5.41) is 4.26. The third kappa shape index (κ3) is 3.85. The Morgan fingerprint density at radius 3 is 2.82 bits per heavy atom. The first-order valence-corrected chi connectivity index (χ1v) is 6.20. The Bertz CT molecular complexity index is 362. The van der Waals surface area contributed by atoms with Gasteiger partial charge in [0.15, 0.2) is 0 Å². The van der Waals surface area contributed by atoms with Crippen LogP contribution < -0.4 is 5.32 Å². The Hall–Kier alpha value is -0.280. The number of benzene rings is 1. The van der Waals surface area contributed by atoms with Gasteiger partial charge in [0.1, 0.15) is 0 Å². The molecule has 0 aromatic heterocycles. The average molecular weight is 275 g/mol. The lowest BCUT2D eigenvalue weighted by atomic mass is 10.1. The van der Waals surface area contributed by atoms with E-state index >= 15 is 0 Å². The molecule has 2 nitrogen and oxygen atoms in total. The second-order valence-electron chi connectivity index (χ2n) is 4.65. The van der Waals surface area contributed by atoms with Gasteiger partial charge in [-0.2, -0.15) is 0 Å². The van der Waals surface area contributed by atoms with Gasteiger partial charge >= 0.3 is 0 Å². The minimum absolute atomic E-state index is 0. The molecule has 1 aliphatic rings. The zero-order valence-electron chi connectivity index (χ0n) is 10.4. The summed E-state index contributed by atoms with van der Waals surface area (Å²) in [4.78, 5) is 2.40. The fraction of sp³-hybridized carbons (Fsp3) is 0.538. The van der Waals surface area contributed by atoms with Crippen LogP contribution >= 0.6 is 24.0 Å². The molecule has 17 heavy (non-hydrogen) atoms. The van der Waals surface area contributed by atoms with E-state index in [0.717, 1.165) is 30.2 Å². The smallest absolute Gasteiger partial charge is 0.0438 e. The predicted molar refractivity (Wildman–Crippen MR) is 76.2 cm³/mol. The Morgan fingerprint density at radius 2 is 2.24 bits per heavy atom. The second-order valence-corrected chi connectivity index (χ2v) is 5.05. The van der Waals surface area contributed by atoms with E-state index in [1.165, 1.54) is 12.0 Å². The monoisotopic (exact) mass is 274 g/mol. The molecule has 96 valence electrons. The molecular weight excluding hydrogens is 255 g/mol. The van der Waals surface area contributed by atoms with Gasteiger partial charge in [-0.15, -0.1) is 12.4 Å². The van der Waals surface area contributed by atoms with Crippen LogP contribution in [0, 0.1) is 6.92 Å². The van der Waals surface area contributed by atoms with Crippen molar-refractivity contribution >= 4 is 24.0 Å². The normalized spacial score (nSPS) is 19.4. The first-order valence-electron chi connectivity index (χ1n) is 5.83. The maximum atomic E-state index is 6.13. The molecular formula is C13H20Cl2N2. The standard InChI is InChI=1S/C13H19ClN2.ClH/c1-10-3-4-11(7-13(10)14)9-16(2)12-5-6-15-8-12;/h3-4,7,12,15H,5-6,8-9H2,1-2H3;1H. The summed E-state index contributed by atoms with van der Waals surface area (Å²) >= 11 is 6.13. The summed E-state index contributed by atoms with van der Waals surface area (Å²) in [7, 11) is 2.19. The first-order chi connectivity index (χ1) is 7.66. The highest BCUT2D eigenvalue weighted by molar-refractivity contribution is 6.31. The van der Waals surface area contributed by atoms with Crippen molar-refractivity contribution in [3.05, 3.63) is 34.3 Å². The maximum Gasteiger partial charge on any atom is 0.0438 e. The molecule has 0 aliphatic carbocycles. The topological polar surface area (TPSA) is 15.3 Å². The number of aryl methyl sites for hydroxylation is 1. The highest BCUT2D eigenvalue weighted by Crippen LogP contribution is 2.18. The van der Waals surface area contributed by atoms with E-state index in [-0.39, 0.29) is 12.4 Å². The van der Waals surface area contributed by atoms with Crippen molar-refractivity contribution in [1.29, 1.82) is 0 Å². The maximum absolute atomic E-state index is 6.13. The van der Waals surface area contributed by atoms with E-state index in [9.17, 15) is 0 Å². The first kappa shape index (κ1) is 14.8. The van der Waals surface area contributed by atoms with E-state index < -0.39 is 0 Å². The molecule has 1 atom stereocenters. The third-order valence-corrected chi connectivity index (χ3v) is 3.73. The molecule has 1 aliphatic heterocycles. The molecule has 0 amide bonds.